The van der Waals surface area contributed by atoms with Crippen LogP contribution in [0, 0.1) is 0 Å². The lowest BCUT2D eigenvalue weighted by Gasteiger charge is -2.09. The zero-order valence-corrected chi connectivity index (χ0v) is 11.6. The van der Waals surface area contributed by atoms with Crippen LogP contribution >= 0.6 is 0 Å². The molecular formula is C17H16O4. The number of carbonyl (C=O) groups is 1. The van der Waals surface area contributed by atoms with E-state index in [1.165, 1.54) is 5.56 Å². The first-order valence-corrected chi connectivity index (χ1v) is 6.92. The molecule has 0 aliphatic carbocycles. The molecule has 0 saturated carbocycles. The molecule has 0 spiro atoms. The second-order valence-corrected chi connectivity index (χ2v) is 4.80. The predicted molar refractivity (Wildman–Crippen MR) is 78.2 cm³/mol. The fraction of sp³-hybridized carbons (Fsp3) is 0.235. The van der Waals surface area contributed by atoms with Crippen LogP contribution in [0.2, 0.25) is 0 Å². The van der Waals surface area contributed by atoms with Crippen LogP contribution in [0.25, 0.3) is 0 Å². The Morgan fingerprint density at radius 3 is 2.62 bits per heavy atom. The van der Waals surface area contributed by atoms with Gasteiger partial charge in [0.25, 0.3) is 0 Å². The molecule has 2 aromatic rings. The smallest absolute Gasteiger partial charge is 0.231 e. The molecule has 2 aromatic carbocycles. The van der Waals surface area contributed by atoms with Crippen molar-refractivity contribution in [2.24, 2.45) is 0 Å². The van der Waals surface area contributed by atoms with E-state index < -0.39 is 0 Å². The van der Waals surface area contributed by atoms with E-state index in [4.69, 9.17) is 14.2 Å². The summed E-state index contributed by atoms with van der Waals surface area (Å²) in [5.74, 6) is 1.76. The average Bonchev–Trinajstić information content (AvgIpc) is 2.99. The summed E-state index contributed by atoms with van der Waals surface area (Å²) < 4.78 is 16.2. The van der Waals surface area contributed by atoms with Crippen molar-refractivity contribution >= 4 is 6.29 Å². The first kappa shape index (κ1) is 13.5. The molecule has 4 nitrogen and oxygen atoms in total. The molecule has 1 aliphatic heterocycles. The average molecular weight is 284 g/mol. The summed E-state index contributed by atoms with van der Waals surface area (Å²) in [6.45, 7) is 0.737. The Labute approximate surface area is 123 Å². The molecule has 0 atom stereocenters. The first-order valence-electron chi connectivity index (χ1n) is 6.92. The van der Waals surface area contributed by atoms with Gasteiger partial charge in [-0.25, -0.2) is 0 Å². The maximum absolute atomic E-state index is 11.1. The summed E-state index contributed by atoms with van der Waals surface area (Å²) in [6, 6.07) is 13.6. The number of ether oxygens (including phenoxy) is 3. The van der Waals surface area contributed by atoms with E-state index in [1.54, 1.807) is 12.1 Å². The quantitative estimate of drug-likeness (QED) is 0.603. The Kier molecular flexibility index (Phi) is 4.05. The third kappa shape index (κ3) is 3.16. The van der Waals surface area contributed by atoms with Crippen LogP contribution in [-0.2, 0) is 6.42 Å². The molecule has 0 unspecified atom stereocenters. The molecule has 21 heavy (non-hydrogen) atoms. The van der Waals surface area contributed by atoms with Crippen molar-refractivity contribution in [1.82, 2.24) is 0 Å². The number of aryl methyl sites for hydroxylation is 1. The number of aldehydes is 1. The number of hydrogen-bond donors (Lipinski definition) is 0. The lowest BCUT2D eigenvalue weighted by molar-refractivity contribution is 0.111. The SMILES string of the molecule is O=Cc1cc2c(cc1OCCCc1ccccc1)OCO2. The molecule has 1 heterocycles. The Morgan fingerprint density at radius 2 is 1.86 bits per heavy atom. The zero-order chi connectivity index (χ0) is 14.5. The minimum atomic E-state index is 0.186. The van der Waals surface area contributed by atoms with E-state index in [9.17, 15) is 4.79 Å². The van der Waals surface area contributed by atoms with Gasteiger partial charge >= 0.3 is 0 Å². The number of benzene rings is 2. The Morgan fingerprint density at radius 1 is 1.10 bits per heavy atom. The van der Waals surface area contributed by atoms with Crippen LogP contribution in [0.3, 0.4) is 0 Å². The molecule has 0 N–H and O–H groups in total. The largest absolute Gasteiger partial charge is 0.493 e. The summed E-state index contributed by atoms with van der Waals surface area (Å²) >= 11 is 0. The van der Waals surface area contributed by atoms with E-state index in [0.29, 0.717) is 29.4 Å². The lowest BCUT2D eigenvalue weighted by atomic mass is 10.1. The summed E-state index contributed by atoms with van der Waals surface area (Å²) in [5.41, 5.74) is 1.77. The van der Waals surface area contributed by atoms with Gasteiger partial charge in [0.2, 0.25) is 6.79 Å². The monoisotopic (exact) mass is 284 g/mol. The molecule has 0 amide bonds. The number of carbonyl (C=O) groups excluding carboxylic acids is 1. The van der Waals surface area contributed by atoms with E-state index in [-0.39, 0.29) is 6.79 Å². The molecule has 0 radical (unpaired) electrons. The third-order valence-electron chi connectivity index (χ3n) is 3.34. The normalized spacial score (nSPS) is 12.2. The first-order chi connectivity index (χ1) is 10.4. The summed E-state index contributed by atoms with van der Waals surface area (Å²) in [4.78, 5) is 11.1. The lowest BCUT2D eigenvalue weighted by Crippen LogP contribution is -2.01. The standard InChI is InChI=1S/C17H16O4/c18-11-14-9-16-17(21-12-20-16)10-15(14)19-8-4-7-13-5-2-1-3-6-13/h1-3,5-6,9-11H,4,7-8,12H2. The van der Waals surface area contributed by atoms with E-state index in [0.717, 1.165) is 19.1 Å². The fourth-order valence-corrected chi connectivity index (χ4v) is 2.26. The minimum Gasteiger partial charge on any atom is -0.493 e. The highest BCUT2D eigenvalue weighted by Crippen LogP contribution is 2.37. The van der Waals surface area contributed by atoms with Gasteiger partial charge in [-0.15, -0.1) is 0 Å². The summed E-state index contributed by atoms with van der Waals surface area (Å²) in [7, 11) is 0. The topological polar surface area (TPSA) is 44.8 Å². The third-order valence-corrected chi connectivity index (χ3v) is 3.34. The van der Waals surface area contributed by atoms with Crippen LogP contribution in [-0.4, -0.2) is 19.7 Å². The molecule has 4 heteroatoms. The van der Waals surface area contributed by atoms with Gasteiger partial charge in [-0.3, -0.25) is 4.79 Å². The van der Waals surface area contributed by atoms with Crippen molar-refractivity contribution in [3.05, 3.63) is 53.6 Å². The fourth-order valence-electron chi connectivity index (χ4n) is 2.26. The summed E-state index contributed by atoms with van der Waals surface area (Å²) in [6.07, 6.45) is 2.60. The van der Waals surface area contributed by atoms with Crippen molar-refractivity contribution in [1.29, 1.82) is 0 Å². The molecular weight excluding hydrogens is 268 g/mol. The van der Waals surface area contributed by atoms with Gasteiger partial charge in [0.05, 0.1) is 12.2 Å². The van der Waals surface area contributed by atoms with Gasteiger partial charge in [0, 0.05) is 6.07 Å². The van der Waals surface area contributed by atoms with Crippen LogP contribution < -0.4 is 14.2 Å². The second kappa shape index (κ2) is 6.31. The zero-order valence-electron chi connectivity index (χ0n) is 11.6. The van der Waals surface area contributed by atoms with Crippen LogP contribution in [0.5, 0.6) is 17.2 Å². The minimum absolute atomic E-state index is 0.186. The highest BCUT2D eigenvalue weighted by atomic mass is 16.7. The molecule has 108 valence electrons. The molecule has 0 saturated heterocycles. The molecule has 0 aromatic heterocycles. The maximum Gasteiger partial charge on any atom is 0.231 e. The maximum atomic E-state index is 11.1. The van der Waals surface area contributed by atoms with Crippen molar-refractivity contribution in [3.8, 4) is 17.2 Å². The van der Waals surface area contributed by atoms with E-state index in [1.807, 2.05) is 18.2 Å². The van der Waals surface area contributed by atoms with Crippen LogP contribution in [0.1, 0.15) is 22.3 Å². The second-order valence-electron chi connectivity index (χ2n) is 4.80. The van der Waals surface area contributed by atoms with Crippen molar-refractivity contribution in [3.63, 3.8) is 0 Å². The Balaban J connectivity index is 1.59. The van der Waals surface area contributed by atoms with Gasteiger partial charge in [-0.2, -0.15) is 0 Å². The van der Waals surface area contributed by atoms with Gasteiger partial charge in [-0.05, 0) is 24.5 Å². The van der Waals surface area contributed by atoms with E-state index in [2.05, 4.69) is 12.1 Å². The summed E-state index contributed by atoms with van der Waals surface area (Å²) in [5, 5.41) is 0. The Bertz CT molecular complexity index is 622. The van der Waals surface area contributed by atoms with Gasteiger partial charge in [0.1, 0.15) is 5.75 Å². The Hall–Kier alpha value is -2.49. The highest BCUT2D eigenvalue weighted by Gasteiger charge is 2.17. The highest BCUT2D eigenvalue weighted by molar-refractivity contribution is 5.81. The molecule has 0 bridgehead atoms. The van der Waals surface area contributed by atoms with Crippen molar-refractivity contribution < 1.29 is 19.0 Å². The van der Waals surface area contributed by atoms with Crippen molar-refractivity contribution in [2.75, 3.05) is 13.4 Å². The molecule has 3 rings (SSSR count). The van der Waals surface area contributed by atoms with Crippen molar-refractivity contribution in [2.45, 2.75) is 12.8 Å². The number of fused-ring (bicyclic) bond motifs is 1. The molecule has 0 fully saturated rings. The van der Waals surface area contributed by atoms with Gasteiger partial charge in [-0.1, -0.05) is 30.3 Å². The number of rotatable bonds is 6. The predicted octanol–water partition coefficient (Wildman–Crippen LogP) is 3.24. The van der Waals surface area contributed by atoms with Crippen LogP contribution in [0.4, 0.5) is 0 Å². The van der Waals surface area contributed by atoms with Gasteiger partial charge < -0.3 is 14.2 Å². The number of hydrogen-bond acceptors (Lipinski definition) is 4. The van der Waals surface area contributed by atoms with Gasteiger partial charge in [0.15, 0.2) is 17.8 Å². The van der Waals surface area contributed by atoms with E-state index >= 15 is 0 Å². The van der Waals surface area contributed by atoms with Crippen LogP contribution in [0.15, 0.2) is 42.5 Å². The molecule has 1 aliphatic rings.